The molecule has 0 heterocycles. The number of aryl methyl sites for hydroxylation is 1. The number of carbonyl (C=O) groups excluding carboxylic acids is 1. The third-order valence-electron chi connectivity index (χ3n) is 4.88. The van der Waals surface area contributed by atoms with Gasteiger partial charge in [0.15, 0.2) is 0 Å². The van der Waals surface area contributed by atoms with Crippen LogP contribution in [-0.2, 0) is 0 Å². The van der Waals surface area contributed by atoms with Crippen LogP contribution in [0.4, 0.5) is 0 Å². The first-order valence-electron chi connectivity index (χ1n) is 10.6. The minimum atomic E-state index is 0.0546. The Morgan fingerprint density at radius 1 is 0.720 bits per heavy atom. The molecule has 0 aliphatic heterocycles. The number of carbonyl (C=O) groups is 1. The highest BCUT2D eigenvalue weighted by Crippen LogP contribution is 2.12. The van der Waals surface area contributed by atoms with Gasteiger partial charge in [-0.1, -0.05) is 102 Å². The molecular weight excluding hydrogens is 306 g/mol. The largest absolute Gasteiger partial charge is 0.352 e. The van der Waals surface area contributed by atoms with Gasteiger partial charge < -0.3 is 5.32 Å². The van der Waals surface area contributed by atoms with E-state index in [-0.39, 0.29) is 5.91 Å². The fourth-order valence-corrected chi connectivity index (χ4v) is 3.15. The smallest absolute Gasteiger partial charge is 0.251 e. The zero-order valence-electron chi connectivity index (χ0n) is 16.6. The van der Waals surface area contributed by atoms with Crippen molar-refractivity contribution in [3.05, 3.63) is 35.4 Å². The van der Waals surface area contributed by atoms with Crippen LogP contribution in [0.3, 0.4) is 0 Å². The molecule has 1 rings (SSSR count). The molecule has 0 spiro atoms. The molecule has 142 valence electrons. The molecule has 1 aromatic rings. The fourth-order valence-electron chi connectivity index (χ4n) is 3.15. The van der Waals surface area contributed by atoms with Crippen LogP contribution < -0.4 is 5.32 Å². The van der Waals surface area contributed by atoms with Crippen LogP contribution in [-0.4, -0.2) is 12.5 Å². The van der Waals surface area contributed by atoms with Crippen LogP contribution in [0.5, 0.6) is 0 Å². The zero-order valence-corrected chi connectivity index (χ0v) is 16.6. The van der Waals surface area contributed by atoms with Gasteiger partial charge in [-0.05, 0) is 25.5 Å². The minimum Gasteiger partial charge on any atom is -0.352 e. The lowest BCUT2D eigenvalue weighted by Gasteiger charge is -2.06. The summed E-state index contributed by atoms with van der Waals surface area (Å²) >= 11 is 0. The number of rotatable bonds is 15. The first-order valence-corrected chi connectivity index (χ1v) is 10.6. The van der Waals surface area contributed by atoms with Crippen molar-refractivity contribution in [2.45, 2.75) is 97.3 Å². The lowest BCUT2D eigenvalue weighted by atomic mass is 10.0. The molecule has 2 nitrogen and oxygen atoms in total. The summed E-state index contributed by atoms with van der Waals surface area (Å²) in [7, 11) is 0. The van der Waals surface area contributed by atoms with Crippen molar-refractivity contribution in [2.24, 2.45) is 0 Å². The van der Waals surface area contributed by atoms with Crippen LogP contribution in [0.2, 0.25) is 0 Å². The van der Waals surface area contributed by atoms with Gasteiger partial charge in [-0.2, -0.15) is 0 Å². The maximum Gasteiger partial charge on any atom is 0.251 e. The lowest BCUT2D eigenvalue weighted by molar-refractivity contribution is 0.0953. The van der Waals surface area contributed by atoms with E-state index >= 15 is 0 Å². The third kappa shape index (κ3) is 11.8. The van der Waals surface area contributed by atoms with Gasteiger partial charge in [-0.15, -0.1) is 0 Å². The van der Waals surface area contributed by atoms with Crippen LogP contribution in [0, 0.1) is 6.92 Å². The van der Waals surface area contributed by atoms with Gasteiger partial charge in [0, 0.05) is 12.1 Å². The van der Waals surface area contributed by atoms with Crippen molar-refractivity contribution >= 4 is 5.91 Å². The molecule has 0 aliphatic carbocycles. The second kappa shape index (κ2) is 15.0. The summed E-state index contributed by atoms with van der Waals surface area (Å²) in [6.07, 6.45) is 17.6. The van der Waals surface area contributed by atoms with Crippen LogP contribution in [0.1, 0.15) is 106 Å². The summed E-state index contributed by atoms with van der Waals surface area (Å²) in [6, 6.07) is 7.77. The average molecular weight is 346 g/mol. The topological polar surface area (TPSA) is 29.1 Å². The van der Waals surface area contributed by atoms with E-state index in [1.807, 2.05) is 31.2 Å². The van der Waals surface area contributed by atoms with Gasteiger partial charge >= 0.3 is 0 Å². The van der Waals surface area contributed by atoms with E-state index < -0.39 is 0 Å². The second-order valence-electron chi connectivity index (χ2n) is 7.36. The van der Waals surface area contributed by atoms with E-state index in [0.717, 1.165) is 18.5 Å². The number of nitrogens with one attached hydrogen (secondary N) is 1. The molecule has 0 aliphatic rings. The van der Waals surface area contributed by atoms with E-state index in [2.05, 4.69) is 12.2 Å². The minimum absolute atomic E-state index is 0.0546. The molecule has 0 aromatic heterocycles. The molecule has 0 bridgehead atoms. The van der Waals surface area contributed by atoms with Gasteiger partial charge in [0.2, 0.25) is 0 Å². The number of unbranched alkanes of at least 4 members (excludes halogenated alkanes) is 12. The molecule has 1 N–H and O–H groups in total. The fraction of sp³-hybridized carbons (Fsp3) is 0.696. The standard InChI is InChI=1S/C23H39NO/c1-3-4-5-6-7-8-9-10-11-12-13-14-15-20-24-23(25)22-18-16-21(2)17-19-22/h16-19H,3-15,20H2,1-2H3,(H,24,25). The molecule has 1 aromatic carbocycles. The third-order valence-corrected chi connectivity index (χ3v) is 4.88. The molecule has 2 heteroatoms. The van der Waals surface area contributed by atoms with Gasteiger partial charge in [0.25, 0.3) is 5.91 Å². The Bertz CT molecular complexity index is 438. The predicted molar refractivity (Wildman–Crippen MR) is 109 cm³/mol. The normalized spacial score (nSPS) is 10.8. The molecule has 0 fully saturated rings. The Balaban J connectivity index is 1.84. The molecular formula is C23H39NO. The molecule has 0 radical (unpaired) electrons. The Kier molecular flexibility index (Phi) is 13.0. The summed E-state index contributed by atoms with van der Waals surface area (Å²) in [4.78, 5) is 12.0. The molecule has 0 unspecified atom stereocenters. The van der Waals surface area contributed by atoms with Gasteiger partial charge in [-0.3, -0.25) is 4.79 Å². The Hall–Kier alpha value is -1.31. The zero-order chi connectivity index (χ0) is 18.2. The van der Waals surface area contributed by atoms with Crippen molar-refractivity contribution in [3.8, 4) is 0 Å². The molecule has 0 saturated heterocycles. The van der Waals surface area contributed by atoms with Gasteiger partial charge in [-0.25, -0.2) is 0 Å². The maximum absolute atomic E-state index is 12.0. The van der Waals surface area contributed by atoms with Crippen LogP contribution >= 0.6 is 0 Å². The van der Waals surface area contributed by atoms with Crippen molar-refractivity contribution in [2.75, 3.05) is 6.54 Å². The van der Waals surface area contributed by atoms with E-state index in [1.54, 1.807) is 0 Å². The van der Waals surface area contributed by atoms with Crippen molar-refractivity contribution in [3.63, 3.8) is 0 Å². The molecule has 0 atom stereocenters. The summed E-state index contributed by atoms with van der Waals surface area (Å²) in [5.41, 5.74) is 1.95. The quantitative estimate of drug-likeness (QED) is 0.347. The highest BCUT2D eigenvalue weighted by atomic mass is 16.1. The molecule has 0 saturated carbocycles. The van der Waals surface area contributed by atoms with E-state index in [4.69, 9.17) is 0 Å². The Labute approximate surface area is 155 Å². The highest BCUT2D eigenvalue weighted by Gasteiger charge is 2.03. The summed E-state index contributed by atoms with van der Waals surface area (Å²) < 4.78 is 0. The van der Waals surface area contributed by atoms with E-state index in [1.165, 1.54) is 82.6 Å². The summed E-state index contributed by atoms with van der Waals surface area (Å²) in [5.74, 6) is 0.0546. The summed E-state index contributed by atoms with van der Waals surface area (Å²) in [6.45, 7) is 5.11. The van der Waals surface area contributed by atoms with Crippen LogP contribution in [0.25, 0.3) is 0 Å². The van der Waals surface area contributed by atoms with Crippen molar-refractivity contribution in [1.29, 1.82) is 0 Å². The second-order valence-corrected chi connectivity index (χ2v) is 7.36. The maximum atomic E-state index is 12.0. The molecule has 1 amide bonds. The molecule has 25 heavy (non-hydrogen) atoms. The van der Waals surface area contributed by atoms with E-state index in [9.17, 15) is 4.79 Å². The summed E-state index contributed by atoms with van der Waals surface area (Å²) in [5, 5.41) is 3.02. The number of benzene rings is 1. The van der Waals surface area contributed by atoms with Crippen molar-refractivity contribution < 1.29 is 4.79 Å². The average Bonchev–Trinajstić information content (AvgIpc) is 2.62. The first-order chi connectivity index (χ1) is 12.2. The van der Waals surface area contributed by atoms with Crippen LogP contribution in [0.15, 0.2) is 24.3 Å². The number of hydrogen-bond acceptors (Lipinski definition) is 1. The lowest BCUT2D eigenvalue weighted by Crippen LogP contribution is -2.24. The predicted octanol–water partition coefficient (Wildman–Crippen LogP) is 6.82. The highest BCUT2D eigenvalue weighted by molar-refractivity contribution is 5.94. The van der Waals surface area contributed by atoms with E-state index in [0.29, 0.717) is 0 Å². The number of hydrogen-bond donors (Lipinski definition) is 1. The Morgan fingerprint density at radius 3 is 1.64 bits per heavy atom. The SMILES string of the molecule is CCCCCCCCCCCCCCCNC(=O)c1ccc(C)cc1. The number of amides is 1. The van der Waals surface area contributed by atoms with Crippen molar-refractivity contribution in [1.82, 2.24) is 5.32 Å². The van der Waals surface area contributed by atoms with Gasteiger partial charge in [0.1, 0.15) is 0 Å². The first kappa shape index (κ1) is 21.7. The monoisotopic (exact) mass is 345 g/mol. The Morgan fingerprint density at radius 2 is 1.16 bits per heavy atom. The van der Waals surface area contributed by atoms with Gasteiger partial charge in [0.05, 0.1) is 0 Å².